The SMILES string of the molecule is Cn1c(C(C)(C)C)c/c(=N\C(=O)c2cc(C(F)(F)F)ccc2N)n1C[C@H]1CCCO1. The van der Waals surface area contributed by atoms with E-state index in [1.54, 1.807) is 6.07 Å². The molecule has 0 spiro atoms. The molecule has 0 aliphatic carbocycles. The molecule has 0 bridgehead atoms. The van der Waals surface area contributed by atoms with Gasteiger partial charge in [-0.05, 0) is 31.0 Å². The number of nitrogen functional groups attached to an aromatic ring is 1. The largest absolute Gasteiger partial charge is 0.416 e. The molecule has 30 heavy (non-hydrogen) atoms. The van der Waals surface area contributed by atoms with Crippen molar-refractivity contribution in [3.63, 3.8) is 0 Å². The van der Waals surface area contributed by atoms with E-state index in [0.717, 1.165) is 36.7 Å². The van der Waals surface area contributed by atoms with Crippen molar-refractivity contribution in [2.24, 2.45) is 12.0 Å². The number of nitrogens with zero attached hydrogens (tertiary/aromatic N) is 3. The molecule has 6 nitrogen and oxygen atoms in total. The molecule has 2 heterocycles. The molecule has 1 amide bonds. The van der Waals surface area contributed by atoms with Crippen LogP contribution >= 0.6 is 0 Å². The van der Waals surface area contributed by atoms with E-state index < -0.39 is 17.6 Å². The molecular formula is C21H27F3N4O2. The predicted molar refractivity (Wildman–Crippen MR) is 107 cm³/mol. The molecule has 2 N–H and O–H groups in total. The number of aromatic nitrogens is 2. The van der Waals surface area contributed by atoms with Crippen LogP contribution in [0.3, 0.4) is 0 Å². The third-order valence-corrected chi connectivity index (χ3v) is 5.24. The number of benzene rings is 1. The molecular weight excluding hydrogens is 397 g/mol. The number of anilines is 1. The number of rotatable bonds is 3. The van der Waals surface area contributed by atoms with Gasteiger partial charge in [0.1, 0.15) is 0 Å². The minimum absolute atomic E-state index is 0.000836. The van der Waals surface area contributed by atoms with E-state index >= 15 is 0 Å². The van der Waals surface area contributed by atoms with Gasteiger partial charge in [0, 0.05) is 36.5 Å². The van der Waals surface area contributed by atoms with Crippen LogP contribution in [0.15, 0.2) is 29.3 Å². The number of halogens is 3. The minimum atomic E-state index is -4.57. The minimum Gasteiger partial charge on any atom is -0.398 e. The Morgan fingerprint density at radius 1 is 1.27 bits per heavy atom. The Kier molecular flexibility index (Phi) is 5.86. The highest BCUT2D eigenvalue weighted by atomic mass is 19.4. The van der Waals surface area contributed by atoms with Gasteiger partial charge in [0.25, 0.3) is 5.91 Å². The van der Waals surface area contributed by atoms with E-state index in [9.17, 15) is 18.0 Å². The van der Waals surface area contributed by atoms with Gasteiger partial charge in [-0.1, -0.05) is 20.8 Å². The molecule has 1 saturated heterocycles. The van der Waals surface area contributed by atoms with E-state index in [4.69, 9.17) is 10.5 Å². The smallest absolute Gasteiger partial charge is 0.398 e. The summed E-state index contributed by atoms with van der Waals surface area (Å²) in [4.78, 5) is 17.0. The Hall–Kier alpha value is -2.55. The third kappa shape index (κ3) is 4.61. The van der Waals surface area contributed by atoms with Crippen molar-refractivity contribution >= 4 is 11.6 Å². The van der Waals surface area contributed by atoms with Crippen LogP contribution in [-0.4, -0.2) is 28.0 Å². The number of carbonyl (C=O) groups excluding carboxylic acids is 1. The standard InChI is InChI=1S/C21H27F3N4O2/c1-20(2,3)17-11-18(28(27(17)4)12-14-6-5-9-30-14)26-19(29)15-10-13(21(22,23)24)7-8-16(15)25/h7-8,10-11,14H,5-6,9,12,25H2,1-4H3/b26-18+/t14-/m1/s1. The van der Waals surface area contributed by atoms with Gasteiger partial charge in [0.2, 0.25) is 0 Å². The number of nitrogens with two attached hydrogens (primary N) is 1. The van der Waals surface area contributed by atoms with Gasteiger partial charge in [0.15, 0.2) is 5.49 Å². The molecule has 2 aromatic rings. The van der Waals surface area contributed by atoms with E-state index in [-0.39, 0.29) is 22.8 Å². The molecule has 3 rings (SSSR count). The second-order valence-electron chi connectivity index (χ2n) is 8.60. The fourth-order valence-electron chi connectivity index (χ4n) is 3.65. The van der Waals surface area contributed by atoms with E-state index in [1.807, 2.05) is 37.2 Å². The van der Waals surface area contributed by atoms with E-state index in [2.05, 4.69) is 4.99 Å². The quantitative estimate of drug-likeness (QED) is 0.765. The normalized spacial score (nSPS) is 18.2. The molecule has 1 fully saturated rings. The van der Waals surface area contributed by atoms with Gasteiger partial charge >= 0.3 is 6.18 Å². The highest BCUT2D eigenvalue weighted by Crippen LogP contribution is 2.31. The van der Waals surface area contributed by atoms with Crippen LogP contribution in [0.5, 0.6) is 0 Å². The van der Waals surface area contributed by atoms with Crippen LogP contribution in [0.4, 0.5) is 18.9 Å². The Labute approximate surface area is 173 Å². The summed E-state index contributed by atoms with van der Waals surface area (Å²) in [7, 11) is 1.87. The summed E-state index contributed by atoms with van der Waals surface area (Å²) in [6, 6.07) is 4.47. The van der Waals surface area contributed by atoms with E-state index in [1.165, 1.54) is 0 Å². The molecule has 1 aliphatic heterocycles. The average Bonchev–Trinajstić information content (AvgIpc) is 3.24. The van der Waals surface area contributed by atoms with Crippen LogP contribution in [0.2, 0.25) is 0 Å². The summed E-state index contributed by atoms with van der Waals surface area (Å²) in [5.74, 6) is -0.814. The van der Waals surface area contributed by atoms with Crippen LogP contribution in [0, 0.1) is 0 Å². The monoisotopic (exact) mass is 424 g/mol. The number of hydrogen-bond donors (Lipinski definition) is 1. The predicted octanol–water partition coefficient (Wildman–Crippen LogP) is 3.65. The molecule has 1 aromatic carbocycles. The molecule has 9 heteroatoms. The fourth-order valence-corrected chi connectivity index (χ4v) is 3.65. The zero-order valence-electron chi connectivity index (χ0n) is 17.6. The summed E-state index contributed by atoms with van der Waals surface area (Å²) in [5, 5.41) is 0. The Morgan fingerprint density at radius 2 is 1.97 bits per heavy atom. The lowest BCUT2D eigenvalue weighted by molar-refractivity contribution is -0.137. The summed E-state index contributed by atoms with van der Waals surface area (Å²) in [5.41, 5.74) is 5.60. The Morgan fingerprint density at radius 3 is 2.53 bits per heavy atom. The second kappa shape index (κ2) is 7.94. The first kappa shape index (κ1) is 22.1. The topological polar surface area (TPSA) is 74.5 Å². The van der Waals surface area contributed by atoms with Gasteiger partial charge in [-0.2, -0.15) is 18.2 Å². The molecule has 164 valence electrons. The van der Waals surface area contributed by atoms with Crippen LogP contribution in [-0.2, 0) is 29.9 Å². The van der Waals surface area contributed by atoms with Crippen LogP contribution in [0.25, 0.3) is 0 Å². The maximum atomic E-state index is 13.1. The molecule has 1 atom stereocenters. The number of carbonyl (C=O) groups is 1. The first-order valence-corrected chi connectivity index (χ1v) is 9.82. The lowest BCUT2D eigenvalue weighted by Gasteiger charge is -2.21. The summed E-state index contributed by atoms with van der Waals surface area (Å²) in [6.07, 6.45) is -2.71. The number of hydrogen-bond acceptors (Lipinski definition) is 3. The zero-order chi connectivity index (χ0) is 22.3. The number of amides is 1. The maximum Gasteiger partial charge on any atom is 0.416 e. The Bertz CT molecular complexity index is 1010. The van der Waals surface area contributed by atoms with Gasteiger partial charge in [-0.3, -0.25) is 14.2 Å². The van der Waals surface area contributed by atoms with Gasteiger partial charge in [-0.25, -0.2) is 0 Å². The van der Waals surface area contributed by atoms with Gasteiger partial charge in [0.05, 0.1) is 23.8 Å². The van der Waals surface area contributed by atoms with E-state index in [0.29, 0.717) is 18.6 Å². The van der Waals surface area contributed by atoms with Gasteiger partial charge in [-0.15, -0.1) is 0 Å². The maximum absolute atomic E-state index is 13.1. The Balaban J connectivity index is 2.08. The van der Waals surface area contributed by atoms with Crippen molar-refractivity contribution in [3.8, 4) is 0 Å². The molecule has 0 radical (unpaired) electrons. The van der Waals surface area contributed by atoms with Crippen molar-refractivity contribution in [3.05, 3.63) is 46.6 Å². The first-order valence-electron chi connectivity index (χ1n) is 9.82. The highest BCUT2D eigenvalue weighted by molar-refractivity contribution is 5.99. The molecule has 1 aliphatic rings. The first-order chi connectivity index (χ1) is 13.9. The number of ether oxygens (including phenoxy) is 1. The van der Waals surface area contributed by atoms with Gasteiger partial charge < -0.3 is 10.5 Å². The number of alkyl halides is 3. The average molecular weight is 424 g/mol. The fraction of sp³-hybridized carbons (Fsp3) is 0.524. The van der Waals surface area contributed by atoms with Crippen molar-refractivity contribution in [2.45, 2.75) is 57.9 Å². The van der Waals surface area contributed by atoms with Crippen LogP contribution in [0.1, 0.15) is 55.2 Å². The molecule has 0 saturated carbocycles. The lowest BCUT2D eigenvalue weighted by Crippen LogP contribution is -2.30. The summed E-state index contributed by atoms with van der Waals surface area (Å²) >= 11 is 0. The summed E-state index contributed by atoms with van der Waals surface area (Å²) < 4.78 is 48.7. The van der Waals surface area contributed by atoms with Crippen molar-refractivity contribution in [1.82, 2.24) is 9.36 Å². The molecule has 0 unspecified atom stereocenters. The van der Waals surface area contributed by atoms with Crippen LogP contribution < -0.4 is 11.2 Å². The highest BCUT2D eigenvalue weighted by Gasteiger charge is 2.31. The third-order valence-electron chi connectivity index (χ3n) is 5.24. The van der Waals surface area contributed by atoms with Crippen molar-refractivity contribution in [2.75, 3.05) is 12.3 Å². The second-order valence-corrected chi connectivity index (χ2v) is 8.60. The molecule has 1 aromatic heterocycles. The van der Waals surface area contributed by atoms with Crippen molar-refractivity contribution < 1.29 is 22.7 Å². The summed E-state index contributed by atoms with van der Waals surface area (Å²) in [6.45, 7) is 7.30. The lowest BCUT2D eigenvalue weighted by atomic mass is 9.92. The zero-order valence-corrected chi connectivity index (χ0v) is 17.6. The van der Waals surface area contributed by atoms with Crippen molar-refractivity contribution in [1.29, 1.82) is 0 Å².